The summed E-state index contributed by atoms with van der Waals surface area (Å²) in [5, 5.41) is 7.19. The Morgan fingerprint density at radius 1 is 0.969 bits per heavy atom. The van der Waals surface area contributed by atoms with Gasteiger partial charge in [-0.2, -0.15) is 0 Å². The van der Waals surface area contributed by atoms with Crippen LogP contribution in [0.1, 0.15) is 21.6 Å². The lowest BCUT2D eigenvalue weighted by Crippen LogP contribution is -2.25. The summed E-state index contributed by atoms with van der Waals surface area (Å²) in [6.07, 6.45) is 0. The molecule has 0 aliphatic rings. The third-order valence-corrected chi connectivity index (χ3v) is 7.77. The molecule has 4 aromatic rings. The number of benzene rings is 2. The average Bonchev–Trinajstić information content (AvgIpc) is 3.48. The molecule has 164 valence electrons. The summed E-state index contributed by atoms with van der Waals surface area (Å²) in [4.78, 5) is 17.9. The van der Waals surface area contributed by atoms with Gasteiger partial charge in [0.15, 0.2) is 0 Å². The molecular formula is C22H18FN3O3S3. The van der Waals surface area contributed by atoms with Crippen molar-refractivity contribution in [2.75, 3.05) is 0 Å². The molecule has 2 N–H and O–H groups in total. The quantitative estimate of drug-likeness (QED) is 0.385. The van der Waals surface area contributed by atoms with Crippen LogP contribution in [0.4, 0.5) is 4.39 Å². The van der Waals surface area contributed by atoms with Gasteiger partial charge < -0.3 is 5.32 Å². The molecule has 0 aliphatic heterocycles. The Hall–Kier alpha value is -2.92. The molecule has 0 aliphatic carbocycles. The Bertz CT molecular complexity index is 1340. The van der Waals surface area contributed by atoms with Gasteiger partial charge in [-0.1, -0.05) is 30.3 Å². The van der Waals surface area contributed by atoms with E-state index >= 15 is 0 Å². The number of carbonyl (C=O) groups excluding carboxylic acids is 1. The first-order valence-corrected chi connectivity index (χ1v) is 12.8. The van der Waals surface area contributed by atoms with Crippen LogP contribution in [0.3, 0.4) is 0 Å². The zero-order chi connectivity index (χ0) is 22.6. The largest absolute Gasteiger partial charge is 0.347 e. The summed E-state index contributed by atoms with van der Waals surface area (Å²) >= 11 is 2.95. The highest BCUT2D eigenvalue weighted by Gasteiger charge is 2.16. The van der Waals surface area contributed by atoms with Gasteiger partial charge in [-0.15, -0.1) is 22.7 Å². The van der Waals surface area contributed by atoms with Crippen molar-refractivity contribution >= 4 is 38.6 Å². The van der Waals surface area contributed by atoms with E-state index in [0.29, 0.717) is 16.8 Å². The van der Waals surface area contributed by atoms with Crippen molar-refractivity contribution in [2.45, 2.75) is 18.0 Å². The number of halogens is 1. The maximum absolute atomic E-state index is 13.3. The van der Waals surface area contributed by atoms with Gasteiger partial charge in [0.25, 0.3) is 5.91 Å². The van der Waals surface area contributed by atoms with Crippen molar-refractivity contribution < 1.29 is 17.6 Å². The van der Waals surface area contributed by atoms with E-state index < -0.39 is 15.8 Å². The lowest BCUT2D eigenvalue weighted by molar-refractivity contribution is 0.0946. The molecule has 32 heavy (non-hydrogen) atoms. The van der Waals surface area contributed by atoms with Crippen molar-refractivity contribution in [1.29, 1.82) is 0 Å². The summed E-state index contributed by atoms with van der Waals surface area (Å²) < 4.78 is 41.0. The van der Waals surface area contributed by atoms with Crippen LogP contribution in [0.15, 0.2) is 76.3 Å². The predicted octanol–water partition coefficient (Wildman–Crippen LogP) is 4.42. The van der Waals surface area contributed by atoms with E-state index in [9.17, 15) is 17.6 Å². The van der Waals surface area contributed by atoms with Crippen molar-refractivity contribution in [3.05, 3.63) is 94.1 Å². The first kappa shape index (κ1) is 22.3. The molecule has 0 atom stereocenters. The van der Waals surface area contributed by atoms with Crippen LogP contribution in [0.2, 0.25) is 0 Å². The Labute approximate surface area is 192 Å². The number of hydrogen-bond donors (Lipinski definition) is 2. The molecule has 0 saturated carbocycles. The summed E-state index contributed by atoms with van der Waals surface area (Å²) in [6, 6.07) is 15.9. The Balaban J connectivity index is 1.38. The number of carbonyl (C=O) groups is 1. The van der Waals surface area contributed by atoms with Crippen LogP contribution in [-0.2, 0) is 23.1 Å². The number of hydrogen-bond acceptors (Lipinski definition) is 6. The Morgan fingerprint density at radius 3 is 2.50 bits per heavy atom. The molecule has 0 saturated heterocycles. The van der Waals surface area contributed by atoms with E-state index in [0.717, 1.165) is 9.88 Å². The van der Waals surface area contributed by atoms with Crippen molar-refractivity contribution in [1.82, 2.24) is 15.0 Å². The molecule has 10 heteroatoms. The lowest BCUT2D eigenvalue weighted by atomic mass is 10.2. The average molecular weight is 488 g/mol. The molecule has 0 fully saturated rings. The van der Waals surface area contributed by atoms with Gasteiger partial charge in [-0.05, 0) is 46.8 Å². The van der Waals surface area contributed by atoms with Crippen molar-refractivity contribution in [3.8, 4) is 9.88 Å². The van der Waals surface area contributed by atoms with E-state index in [1.54, 1.807) is 34.9 Å². The van der Waals surface area contributed by atoms with E-state index in [1.807, 2.05) is 17.5 Å². The topological polar surface area (TPSA) is 88.2 Å². The monoisotopic (exact) mass is 487 g/mol. The molecule has 0 radical (unpaired) electrons. The Morgan fingerprint density at radius 2 is 1.75 bits per heavy atom. The highest BCUT2D eigenvalue weighted by atomic mass is 32.2. The third kappa shape index (κ3) is 5.46. The molecule has 0 bridgehead atoms. The van der Waals surface area contributed by atoms with Gasteiger partial charge >= 0.3 is 0 Å². The number of sulfonamides is 1. The van der Waals surface area contributed by atoms with Gasteiger partial charge in [-0.3, -0.25) is 4.79 Å². The van der Waals surface area contributed by atoms with Gasteiger partial charge in [-0.25, -0.2) is 22.5 Å². The van der Waals surface area contributed by atoms with Crippen LogP contribution >= 0.6 is 22.7 Å². The highest BCUT2D eigenvalue weighted by molar-refractivity contribution is 7.89. The van der Waals surface area contributed by atoms with E-state index in [2.05, 4.69) is 15.0 Å². The molecular weight excluding hydrogens is 469 g/mol. The second-order valence-corrected chi connectivity index (χ2v) is 10.4. The van der Waals surface area contributed by atoms with E-state index in [1.165, 1.54) is 41.7 Å². The molecule has 0 unspecified atom stereocenters. The first-order chi connectivity index (χ1) is 15.4. The number of nitrogens with one attached hydrogen (secondary N) is 2. The third-order valence-electron chi connectivity index (χ3n) is 4.49. The zero-order valence-electron chi connectivity index (χ0n) is 16.6. The van der Waals surface area contributed by atoms with Gasteiger partial charge in [0.1, 0.15) is 16.5 Å². The van der Waals surface area contributed by atoms with Gasteiger partial charge in [0.2, 0.25) is 10.0 Å². The highest BCUT2D eigenvalue weighted by Crippen LogP contribution is 2.27. The molecule has 2 aromatic heterocycles. The fourth-order valence-electron chi connectivity index (χ4n) is 2.90. The molecule has 4 rings (SSSR count). The minimum Gasteiger partial charge on any atom is -0.347 e. The fraction of sp³-hybridized carbons (Fsp3) is 0.0909. The second-order valence-electron chi connectivity index (χ2n) is 6.80. The second kappa shape index (κ2) is 9.70. The van der Waals surface area contributed by atoms with E-state index in [4.69, 9.17) is 0 Å². The van der Waals surface area contributed by atoms with Crippen LogP contribution in [0, 0.1) is 5.82 Å². The van der Waals surface area contributed by atoms with Crippen LogP contribution in [0.5, 0.6) is 0 Å². The van der Waals surface area contributed by atoms with Crippen LogP contribution in [0.25, 0.3) is 9.88 Å². The maximum atomic E-state index is 13.3. The fourth-order valence-corrected chi connectivity index (χ4v) is 5.60. The summed E-state index contributed by atoms with van der Waals surface area (Å²) in [6.45, 7) is 0.120. The normalized spacial score (nSPS) is 11.4. The number of nitrogens with zero attached hydrogens (tertiary/aromatic N) is 1. The van der Waals surface area contributed by atoms with Crippen LogP contribution < -0.4 is 10.0 Å². The van der Waals surface area contributed by atoms with Gasteiger partial charge in [0, 0.05) is 18.5 Å². The Kier molecular flexibility index (Phi) is 6.75. The maximum Gasteiger partial charge on any atom is 0.271 e. The number of rotatable bonds is 8. The van der Waals surface area contributed by atoms with Gasteiger partial charge in [0.05, 0.1) is 9.77 Å². The molecule has 1 amide bonds. The zero-order valence-corrected chi connectivity index (χ0v) is 19.1. The molecule has 0 spiro atoms. The molecule has 2 heterocycles. The summed E-state index contributed by atoms with van der Waals surface area (Å²) in [7, 11) is -3.80. The first-order valence-electron chi connectivity index (χ1n) is 9.51. The summed E-state index contributed by atoms with van der Waals surface area (Å²) in [5.41, 5.74) is 1.46. The number of amides is 1. The smallest absolute Gasteiger partial charge is 0.271 e. The minimum absolute atomic E-state index is 0.0303. The number of aromatic nitrogens is 1. The lowest BCUT2D eigenvalue weighted by Gasteiger charge is -2.09. The number of thiazole rings is 1. The SMILES string of the molecule is O=C(NCc1cccc(S(=O)(=O)NCc2cccc(F)c2)c1)c1csc(-c2cccs2)n1. The van der Waals surface area contributed by atoms with E-state index in [-0.39, 0.29) is 23.9 Å². The summed E-state index contributed by atoms with van der Waals surface area (Å²) in [5.74, 6) is -0.761. The standard InChI is InChI=1S/C22H18FN3O3S3/c23-17-6-1-4-15(10-17)13-25-32(28,29)18-7-2-5-16(11-18)12-24-21(27)19-14-31-22(26-19)20-8-3-9-30-20/h1-11,14,25H,12-13H2,(H,24,27). The van der Waals surface area contributed by atoms with Crippen molar-refractivity contribution in [2.24, 2.45) is 0 Å². The molecule has 2 aromatic carbocycles. The van der Waals surface area contributed by atoms with Crippen molar-refractivity contribution in [3.63, 3.8) is 0 Å². The van der Waals surface area contributed by atoms with Crippen LogP contribution in [-0.4, -0.2) is 19.3 Å². The molecule has 6 nitrogen and oxygen atoms in total. The minimum atomic E-state index is -3.80. The number of thiophene rings is 1. The predicted molar refractivity (Wildman–Crippen MR) is 123 cm³/mol.